The number of benzene rings is 1. The van der Waals surface area contributed by atoms with E-state index < -0.39 is 44.0 Å². The molecule has 0 aliphatic carbocycles. The summed E-state index contributed by atoms with van der Waals surface area (Å²) in [6.07, 6.45) is -0.0665. The van der Waals surface area contributed by atoms with Gasteiger partial charge in [-0.2, -0.15) is 4.98 Å². The maximum atomic E-state index is 15.3. The Morgan fingerprint density at radius 1 is 1.39 bits per heavy atom. The van der Waals surface area contributed by atoms with Crippen LogP contribution in [0, 0.1) is 5.82 Å². The fourth-order valence-electron chi connectivity index (χ4n) is 4.41. The van der Waals surface area contributed by atoms with Crippen molar-refractivity contribution in [3.05, 3.63) is 30.2 Å². The molecule has 1 aliphatic rings. The molecule has 1 saturated heterocycles. The summed E-state index contributed by atoms with van der Waals surface area (Å²) >= 11 is 0. The van der Waals surface area contributed by atoms with E-state index in [2.05, 4.69) is 25.7 Å². The molecule has 1 aliphatic heterocycles. The highest BCUT2D eigenvalue weighted by atomic mass is 19.1. The maximum absolute atomic E-state index is 15.3. The number of methoxy groups -OCH3 is 1. The van der Waals surface area contributed by atoms with Gasteiger partial charge in [-0.1, -0.05) is 11.3 Å². The number of piperidine rings is 1. The van der Waals surface area contributed by atoms with E-state index in [4.69, 9.17) is 8.85 Å². The molecule has 36 heavy (non-hydrogen) atoms. The number of rotatable bonds is 7. The first-order valence-electron chi connectivity index (χ1n) is 12.8. The predicted octanol–water partition coefficient (Wildman–Crippen LogP) is 3.02. The Labute approximate surface area is 208 Å². The molecule has 0 radical (unpaired) electrons. The van der Waals surface area contributed by atoms with E-state index in [9.17, 15) is 13.6 Å². The third-order valence-corrected chi connectivity index (χ3v) is 6.20. The number of nitrogens with zero attached hydrogens (tertiary/aromatic N) is 7. The molecular weight excluding hydrogens is 477 g/mol. The topological polar surface area (TPSA) is 102 Å². The molecule has 5 rings (SSSR count). The monoisotopic (exact) mass is 505 g/mol. The van der Waals surface area contributed by atoms with Gasteiger partial charge in [-0.15, -0.1) is 10.2 Å². The zero-order chi connectivity index (χ0) is 27.9. The summed E-state index contributed by atoms with van der Waals surface area (Å²) in [7, 11) is 1.36. The second-order valence-corrected chi connectivity index (χ2v) is 8.46. The van der Waals surface area contributed by atoms with Crippen LogP contribution in [0.5, 0.6) is 5.88 Å². The van der Waals surface area contributed by atoms with Gasteiger partial charge in [0.1, 0.15) is 17.2 Å². The Balaban J connectivity index is 1.44. The molecule has 0 spiro atoms. The zero-order valence-electron chi connectivity index (χ0n) is 22.3. The number of fused-ring (bicyclic) bond motifs is 2. The lowest BCUT2D eigenvalue weighted by Crippen LogP contribution is -2.49. The number of ether oxygens (including phenoxy) is 1. The van der Waals surface area contributed by atoms with Gasteiger partial charge in [0, 0.05) is 24.1 Å². The Hall–Kier alpha value is -3.90. The smallest absolute Gasteiger partial charge is 0.244 e. The highest BCUT2D eigenvalue weighted by molar-refractivity contribution is 5.89. The molecule has 3 aromatic heterocycles. The number of hydrogen-bond acceptors (Lipinski definition) is 7. The molecule has 2 atom stereocenters. The molecule has 1 amide bonds. The van der Waals surface area contributed by atoms with E-state index in [1.54, 1.807) is 22.9 Å². The average molecular weight is 506 g/mol. The maximum Gasteiger partial charge on any atom is 0.244 e. The number of likely N-dealkylation sites (tertiary alicyclic amines) is 1. The summed E-state index contributed by atoms with van der Waals surface area (Å²) in [5.41, 5.74) is 2.05. The number of halogens is 3. The van der Waals surface area contributed by atoms with E-state index in [1.165, 1.54) is 11.6 Å². The van der Waals surface area contributed by atoms with Gasteiger partial charge < -0.3 is 15.0 Å². The molecule has 10 nitrogen and oxygen atoms in total. The van der Waals surface area contributed by atoms with Crippen LogP contribution in [0.3, 0.4) is 0 Å². The number of amides is 1. The number of anilines is 1. The summed E-state index contributed by atoms with van der Waals surface area (Å²) in [6.45, 7) is -3.39. The van der Waals surface area contributed by atoms with Crippen molar-refractivity contribution < 1.29 is 26.8 Å². The fraction of sp³-hybridized carbons (Fsp3) is 0.435. The van der Waals surface area contributed by atoms with Gasteiger partial charge >= 0.3 is 0 Å². The summed E-state index contributed by atoms with van der Waals surface area (Å²) in [5, 5.41) is 15.3. The number of hydrogen-bond donors (Lipinski definition) is 1. The SMILES string of the molecule is [2H]C([2H])([2H])C(=O)N1CC[C@H](Nc2nc(OC)c3c(-c4ccc5nnn(CCCF)c5c4)c(F)cn3n2)[C@H](F)C1. The lowest BCUT2D eigenvalue weighted by molar-refractivity contribution is -0.131. The number of aryl methyl sites for hydroxylation is 1. The molecule has 1 N–H and O–H groups in total. The minimum absolute atomic E-state index is 0.0287. The molecule has 4 aromatic rings. The molecule has 1 fully saturated rings. The van der Waals surface area contributed by atoms with Gasteiger partial charge in [-0.3, -0.25) is 9.18 Å². The molecule has 0 unspecified atom stereocenters. The molecule has 4 heterocycles. The average Bonchev–Trinajstić information content (AvgIpc) is 3.46. The Morgan fingerprint density at radius 3 is 3.00 bits per heavy atom. The van der Waals surface area contributed by atoms with E-state index >= 15 is 4.39 Å². The summed E-state index contributed by atoms with van der Waals surface area (Å²) < 4.78 is 72.9. The number of carbonyl (C=O) groups excluding carboxylic acids is 1. The predicted molar refractivity (Wildman–Crippen MR) is 126 cm³/mol. The lowest BCUT2D eigenvalue weighted by Gasteiger charge is -2.34. The standard InChI is InChI=1S/C23H25F3N8O2/c1-13(35)32-9-6-17(15(25)11-32)27-23-28-22(36-2)21-20(16(26)12-34(21)30-23)14-4-5-18-19(10-14)33(31-29-18)8-3-7-24/h4-5,10,12,15,17H,3,6-9,11H2,1-2H3,(H,27,30)/t15-,17+/m1/s1/i1D3. The van der Waals surface area contributed by atoms with Crippen molar-refractivity contribution in [2.75, 3.05) is 32.2 Å². The van der Waals surface area contributed by atoms with E-state index in [-0.39, 0.29) is 42.3 Å². The molecule has 0 saturated carbocycles. The number of carbonyl (C=O) groups is 1. The third kappa shape index (κ3) is 4.29. The molecule has 0 bridgehead atoms. The molecule has 1 aromatic carbocycles. The highest BCUT2D eigenvalue weighted by Crippen LogP contribution is 2.35. The van der Waals surface area contributed by atoms with Gasteiger partial charge in [0.25, 0.3) is 0 Å². The van der Waals surface area contributed by atoms with Crippen LogP contribution in [0.15, 0.2) is 24.4 Å². The number of nitrogens with one attached hydrogen (secondary N) is 1. The van der Waals surface area contributed by atoms with E-state index in [0.717, 1.165) is 11.1 Å². The van der Waals surface area contributed by atoms with Crippen molar-refractivity contribution in [3.8, 4) is 17.0 Å². The highest BCUT2D eigenvalue weighted by Gasteiger charge is 2.31. The molecule has 190 valence electrons. The summed E-state index contributed by atoms with van der Waals surface area (Å²) in [5.74, 6) is -1.71. The quantitative estimate of drug-likeness (QED) is 0.412. The van der Waals surface area contributed by atoms with Crippen molar-refractivity contribution in [3.63, 3.8) is 0 Å². The van der Waals surface area contributed by atoms with Gasteiger partial charge in [-0.25, -0.2) is 18.0 Å². The van der Waals surface area contributed by atoms with Crippen molar-refractivity contribution >= 4 is 28.4 Å². The van der Waals surface area contributed by atoms with Crippen LogP contribution in [0.2, 0.25) is 0 Å². The van der Waals surface area contributed by atoms with E-state index in [0.29, 0.717) is 23.1 Å². The summed E-state index contributed by atoms with van der Waals surface area (Å²) in [6, 6.07) is 4.23. The van der Waals surface area contributed by atoms with Crippen LogP contribution in [0.4, 0.5) is 19.1 Å². The lowest BCUT2D eigenvalue weighted by atomic mass is 10.0. The van der Waals surface area contributed by atoms with Crippen LogP contribution in [0.1, 0.15) is 23.8 Å². The van der Waals surface area contributed by atoms with Gasteiger partial charge in [0.2, 0.25) is 17.7 Å². The van der Waals surface area contributed by atoms with Crippen molar-refractivity contribution in [1.29, 1.82) is 0 Å². The molecule has 13 heteroatoms. The van der Waals surface area contributed by atoms with Gasteiger partial charge in [0.05, 0.1) is 43.6 Å². The Kier molecular flexibility index (Phi) is 5.43. The third-order valence-electron chi connectivity index (χ3n) is 6.20. The second-order valence-electron chi connectivity index (χ2n) is 8.46. The van der Waals surface area contributed by atoms with Gasteiger partial charge in [-0.05, 0) is 30.5 Å². The van der Waals surface area contributed by atoms with Crippen LogP contribution in [0.25, 0.3) is 27.7 Å². The van der Waals surface area contributed by atoms with Crippen LogP contribution < -0.4 is 10.1 Å². The van der Waals surface area contributed by atoms with Crippen molar-refractivity contribution in [1.82, 2.24) is 34.5 Å². The first kappa shape index (κ1) is 20.3. The number of alkyl halides is 2. The fourth-order valence-corrected chi connectivity index (χ4v) is 4.41. The Bertz CT molecular complexity index is 1530. The Morgan fingerprint density at radius 2 is 2.25 bits per heavy atom. The zero-order valence-corrected chi connectivity index (χ0v) is 19.3. The normalized spacial score (nSPS) is 19.8. The minimum Gasteiger partial charge on any atom is -0.479 e. The van der Waals surface area contributed by atoms with Gasteiger partial charge in [0.15, 0.2) is 5.82 Å². The van der Waals surface area contributed by atoms with Crippen LogP contribution >= 0.6 is 0 Å². The minimum atomic E-state index is -2.84. The molecular formula is C23H25F3N8O2. The number of aromatic nitrogens is 6. The first-order valence-corrected chi connectivity index (χ1v) is 11.3. The first-order chi connectivity index (χ1) is 18.6. The van der Waals surface area contributed by atoms with Crippen molar-refractivity contribution in [2.45, 2.75) is 38.5 Å². The van der Waals surface area contributed by atoms with Crippen molar-refractivity contribution in [2.24, 2.45) is 0 Å². The second kappa shape index (κ2) is 9.63. The van der Waals surface area contributed by atoms with Crippen LogP contribution in [-0.2, 0) is 11.3 Å². The van der Waals surface area contributed by atoms with Crippen LogP contribution in [-0.4, -0.2) is 79.5 Å². The summed E-state index contributed by atoms with van der Waals surface area (Å²) in [4.78, 5) is 17.3. The largest absolute Gasteiger partial charge is 0.479 e. The van der Waals surface area contributed by atoms with E-state index in [1.807, 2.05) is 0 Å².